The first-order valence-corrected chi connectivity index (χ1v) is 6.58. The molecule has 17 heavy (non-hydrogen) atoms. The highest BCUT2D eigenvalue weighted by Crippen LogP contribution is 2.23. The molecule has 1 aromatic carbocycles. The Kier molecular flexibility index (Phi) is 5.82. The van der Waals surface area contributed by atoms with Gasteiger partial charge in [-0.1, -0.05) is 23.2 Å². The van der Waals surface area contributed by atoms with E-state index in [1.807, 2.05) is 0 Å². The summed E-state index contributed by atoms with van der Waals surface area (Å²) in [4.78, 5) is 22.5. The van der Waals surface area contributed by atoms with Crippen LogP contribution in [0.1, 0.15) is 10.4 Å². The molecule has 0 aliphatic heterocycles. The number of carbonyl (C=O) groups is 2. The number of methoxy groups -OCH3 is 1. The summed E-state index contributed by atoms with van der Waals surface area (Å²) in [6.07, 6.45) is 0. The van der Waals surface area contributed by atoms with Crippen molar-refractivity contribution in [3.63, 3.8) is 0 Å². The minimum absolute atomic E-state index is 0.0996. The fourth-order valence-electron chi connectivity index (χ4n) is 1.04. The molecule has 1 rings (SSSR count). The van der Waals surface area contributed by atoms with Crippen molar-refractivity contribution in [2.75, 3.05) is 18.6 Å². The lowest BCUT2D eigenvalue weighted by Crippen LogP contribution is -2.08. The van der Waals surface area contributed by atoms with Gasteiger partial charge in [-0.15, -0.1) is 11.8 Å². The molecule has 0 spiro atoms. The van der Waals surface area contributed by atoms with Gasteiger partial charge in [-0.2, -0.15) is 0 Å². The largest absolute Gasteiger partial charge is 0.468 e. The fourth-order valence-corrected chi connectivity index (χ4v) is 2.08. The molecule has 3 nitrogen and oxygen atoms in total. The number of rotatable bonds is 5. The minimum Gasteiger partial charge on any atom is -0.468 e. The molecule has 0 aromatic heterocycles. The number of esters is 1. The number of halogens is 2. The van der Waals surface area contributed by atoms with Gasteiger partial charge in [0.2, 0.25) is 0 Å². The second-order valence-corrected chi connectivity index (χ2v) is 4.92. The molecule has 92 valence electrons. The molecule has 0 saturated heterocycles. The van der Waals surface area contributed by atoms with Crippen LogP contribution in [0.3, 0.4) is 0 Å². The molecule has 0 amide bonds. The van der Waals surface area contributed by atoms with Gasteiger partial charge in [-0.25, -0.2) is 0 Å². The van der Waals surface area contributed by atoms with Gasteiger partial charge in [-0.05, 0) is 18.2 Å². The molecule has 0 radical (unpaired) electrons. The molecule has 0 atom stereocenters. The molecule has 0 saturated carbocycles. The molecular weight excluding hydrogens is 283 g/mol. The third-order valence-electron chi connectivity index (χ3n) is 1.92. The maximum atomic E-state index is 11.7. The standard InChI is InChI=1S/C11H10Cl2O3S/c1-16-11(15)6-17-5-10(14)7-2-3-8(12)9(13)4-7/h2-4H,5-6H2,1H3. The maximum Gasteiger partial charge on any atom is 0.315 e. The summed E-state index contributed by atoms with van der Waals surface area (Å²) in [6, 6.07) is 4.70. The molecule has 0 aliphatic rings. The van der Waals surface area contributed by atoms with Gasteiger partial charge in [0.15, 0.2) is 5.78 Å². The van der Waals surface area contributed by atoms with E-state index in [1.54, 1.807) is 12.1 Å². The average molecular weight is 293 g/mol. The Bertz CT molecular complexity index is 435. The van der Waals surface area contributed by atoms with E-state index in [2.05, 4.69) is 4.74 Å². The van der Waals surface area contributed by atoms with E-state index in [9.17, 15) is 9.59 Å². The molecular formula is C11H10Cl2O3S. The highest BCUT2D eigenvalue weighted by Gasteiger charge is 2.09. The second-order valence-electron chi connectivity index (χ2n) is 3.12. The molecule has 0 fully saturated rings. The van der Waals surface area contributed by atoms with E-state index in [1.165, 1.54) is 24.9 Å². The van der Waals surface area contributed by atoms with Crippen LogP contribution in [-0.2, 0) is 9.53 Å². The lowest BCUT2D eigenvalue weighted by molar-refractivity contribution is -0.137. The zero-order valence-corrected chi connectivity index (χ0v) is 11.4. The van der Waals surface area contributed by atoms with E-state index < -0.39 is 0 Å². The normalized spacial score (nSPS) is 10.1. The van der Waals surface area contributed by atoms with E-state index >= 15 is 0 Å². The third-order valence-corrected chi connectivity index (χ3v) is 3.57. The Hall–Kier alpha value is -0.710. The van der Waals surface area contributed by atoms with E-state index in [-0.39, 0.29) is 23.3 Å². The van der Waals surface area contributed by atoms with Gasteiger partial charge in [-0.3, -0.25) is 9.59 Å². The quantitative estimate of drug-likeness (QED) is 0.618. The monoisotopic (exact) mass is 292 g/mol. The van der Waals surface area contributed by atoms with Crippen LogP contribution >= 0.6 is 35.0 Å². The Morgan fingerprint density at radius 1 is 1.24 bits per heavy atom. The summed E-state index contributed by atoms with van der Waals surface area (Å²) in [7, 11) is 1.31. The summed E-state index contributed by atoms with van der Waals surface area (Å²) in [5, 5.41) is 0.751. The number of thioether (sulfide) groups is 1. The first-order chi connectivity index (χ1) is 8.04. The van der Waals surface area contributed by atoms with Crippen molar-refractivity contribution in [1.29, 1.82) is 0 Å². The predicted octanol–water partition coefficient (Wildman–Crippen LogP) is 3.08. The molecule has 0 N–H and O–H groups in total. The van der Waals surface area contributed by atoms with Crippen LogP contribution in [0.2, 0.25) is 10.0 Å². The van der Waals surface area contributed by atoms with Crippen LogP contribution in [0.5, 0.6) is 0 Å². The highest BCUT2D eigenvalue weighted by molar-refractivity contribution is 8.00. The molecule has 1 aromatic rings. The molecule has 0 aliphatic carbocycles. The maximum absolute atomic E-state index is 11.7. The van der Waals surface area contributed by atoms with Gasteiger partial charge in [0.25, 0.3) is 0 Å². The van der Waals surface area contributed by atoms with Crippen LogP contribution in [-0.4, -0.2) is 30.4 Å². The van der Waals surface area contributed by atoms with Gasteiger partial charge in [0, 0.05) is 5.56 Å². The van der Waals surface area contributed by atoms with Crippen molar-refractivity contribution in [2.45, 2.75) is 0 Å². The van der Waals surface area contributed by atoms with Gasteiger partial charge >= 0.3 is 5.97 Å². The Morgan fingerprint density at radius 2 is 1.94 bits per heavy atom. The van der Waals surface area contributed by atoms with E-state index in [0.717, 1.165) is 0 Å². The van der Waals surface area contributed by atoms with Crippen LogP contribution < -0.4 is 0 Å². The number of hydrogen-bond donors (Lipinski definition) is 0. The molecule has 6 heteroatoms. The smallest absolute Gasteiger partial charge is 0.315 e. The number of hydrogen-bond acceptors (Lipinski definition) is 4. The summed E-state index contributed by atoms with van der Waals surface area (Å²) >= 11 is 12.7. The van der Waals surface area contributed by atoms with Crippen LogP contribution in [0, 0.1) is 0 Å². The van der Waals surface area contributed by atoms with Gasteiger partial charge in [0.05, 0.1) is 28.7 Å². The van der Waals surface area contributed by atoms with Crippen LogP contribution in [0.15, 0.2) is 18.2 Å². The fraction of sp³-hybridized carbons (Fsp3) is 0.273. The number of benzene rings is 1. The van der Waals surface area contributed by atoms with Crippen LogP contribution in [0.4, 0.5) is 0 Å². The zero-order chi connectivity index (χ0) is 12.8. The molecule has 0 unspecified atom stereocenters. The lowest BCUT2D eigenvalue weighted by atomic mass is 10.1. The SMILES string of the molecule is COC(=O)CSCC(=O)c1ccc(Cl)c(Cl)c1. The van der Waals surface area contributed by atoms with Crippen molar-refractivity contribution < 1.29 is 14.3 Å². The van der Waals surface area contributed by atoms with Crippen molar-refractivity contribution >= 4 is 46.7 Å². The molecule has 0 heterocycles. The van der Waals surface area contributed by atoms with Crippen molar-refractivity contribution in [3.8, 4) is 0 Å². The number of carbonyl (C=O) groups excluding carboxylic acids is 2. The Morgan fingerprint density at radius 3 is 2.53 bits per heavy atom. The average Bonchev–Trinajstić information content (AvgIpc) is 2.32. The third kappa shape index (κ3) is 4.58. The Labute approximate surface area is 113 Å². The highest BCUT2D eigenvalue weighted by atomic mass is 35.5. The minimum atomic E-state index is -0.350. The van der Waals surface area contributed by atoms with Gasteiger partial charge < -0.3 is 4.74 Å². The predicted molar refractivity (Wildman–Crippen MR) is 70.1 cm³/mol. The summed E-state index contributed by atoms with van der Waals surface area (Å²) in [6.45, 7) is 0. The Balaban J connectivity index is 2.52. The summed E-state index contributed by atoms with van der Waals surface area (Å²) in [5.74, 6) is -0.0919. The van der Waals surface area contributed by atoms with Crippen LogP contribution in [0.25, 0.3) is 0 Å². The lowest BCUT2D eigenvalue weighted by Gasteiger charge is -2.02. The first-order valence-electron chi connectivity index (χ1n) is 4.67. The number of ketones is 1. The summed E-state index contributed by atoms with van der Waals surface area (Å²) in [5.41, 5.74) is 0.483. The first kappa shape index (κ1) is 14.4. The number of ether oxygens (including phenoxy) is 1. The van der Waals surface area contributed by atoms with E-state index in [0.29, 0.717) is 15.6 Å². The van der Waals surface area contributed by atoms with Crippen molar-refractivity contribution in [3.05, 3.63) is 33.8 Å². The second kappa shape index (κ2) is 6.89. The van der Waals surface area contributed by atoms with Crippen molar-refractivity contribution in [1.82, 2.24) is 0 Å². The number of Topliss-reactive ketones (excluding diaryl/α,β-unsaturated/α-hetero) is 1. The topological polar surface area (TPSA) is 43.4 Å². The van der Waals surface area contributed by atoms with Gasteiger partial charge in [0.1, 0.15) is 0 Å². The zero-order valence-electron chi connectivity index (χ0n) is 9.04. The van der Waals surface area contributed by atoms with Crippen molar-refractivity contribution in [2.24, 2.45) is 0 Å². The van der Waals surface area contributed by atoms with E-state index in [4.69, 9.17) is 23.2 Å². The summed E-state index contributed by atoms with van der Waals surface area (Å²) < 4.78 is 4.46. The molecule has 0 bridgehead atoms.